The number of nitrogens with zero attached hydrogens (tertiary/aromatic N) is 1. The quantitative estimate of drug-likeness (QED) is 0.443. The number of carboxylic acids is 1. The number of carboxylic acid groups (broad SMARTS) is 1. The molecule has 4 nitrogen and oxygen atoms in total. The van der Waals surface area contributed by atoms with Gasteiger partial charge in [-0.1, -0.05) is 58.3 Å². The molecule has 0 aliphatic rings. The molecule has 0 heterocycles. The van der Waals surface area contributed by atoms with Crippen LogP contribution in [0, 0.1) is 0 Å². The first-order chi connectivity index (χ1) is 9.07. The topological polar surface area (TPSA) is 57.6 Å². The van der Waals surface area contributed by atoms with Gasteiger partial charge in [0, 0.05) is 13.5 Å². The van der Waals surface area contributed by atoms with Gasteiger partial charge in [-0.3, -0.25) is 9.59 Å². The first kappa shape index (κ1) is 26.8. The molecule has 0 unspecified atom stereocenters. The third kappa shape index (κ3) is 18.9. The van der Waals surface area contributed by atoms with Gasteiger partial charge in [-0.15, -0.1) is 0 Å². The van der Waals surface area contributed by atoms with Gasteiger partial charge in [-0.25, -0.2) is 0 Å². The summed E-state index contributed by atoms with van der Waals surface area (Å²) < 4.78 is 0. The van der Waals surface area contributed by atoms with Crippen LogP contribution < -0.4 is 0 Å². The Hall–Kier alpha value is 0.940. The Kier molecular flexibility index (Phi) is 24.2. The number of carbonyl (C=O) groups is 2. The zero-order chi connectivity index (χ0) is 14.5. The summed E-state index contributed by atoms with van der Waals surface area (Å²) in [5, 5.41) is 8.57. The van der Waals surface area contributed by atoms with Gasteiger partial charge in [0.1, 0.15) is 6.54 Å². The Morgan fingerprint density at radius 3 is 1.71 bits per heavy atom. The van der Waals surface area contributed by atoms with E-state index in [1.54, 1.807) is 7.05 Å². The maximum absolute atomic E-state index is 11.5. The molecule has 0 saturated heterocycles. The minimum atomic E-state index is -0.956. The zero-order valence-electron chi connectivity index (χ0n) is 12.5. The summed E-state index contributed by atoms with van der Waals surface area (Å²) in [7, 11) is 1.55. The molecule has 0 spiro atoms. The number of amides is 1. The van der Waals surface area contributed by atoms with Crippen molar-refractivity contribution in [2.24, 2.45) is 0 Å². The molecule has 1 N–H and O–H groups in total. The predicted octanol–water partition coefficient (Wildman–Crippen LogP) is 2.15. The molecule has 0 aliphatic heterocycles. The van der Waals surface area contributed by atoms with Crippen LogP contribution in [0.5, 0.6) is 0 Å². The van der Waals surface area contributed by atoms with Crippen LogP contribution in [-0.2, 0) is 9.59 Å². The fraction of sp³-hybridized carbons (Fsp3) is 0.867. The number of likely N-dealkylation sites (N-methyl/N-ethyl adjacent to an activating group) is 1. The van der Waals surface area contributed by atoms with Crippen molar-refractivity contribution >= 4 is 71.0 Å². The molecule has 0 aromatic rings. The van der Waals surface area contributed by atoms with E-state index >= 15 is 0 Å². The van der Waals surface area contributed by atoms with Crippen LogP contribution in [0.1, 0.15) is 71.1 Å². The summed E-state index contributed by atoms with van der Waals surface area (Å²) in [6.07, 6.45) is 11.4. The van der Waals surface area contributed by atoms with Crippen molar-refractivity contribution in [1.29, 1.82) is 0 Å². The Balaban J connectivity index is -0.00000162. The minimum absolute atomic E-state index is 0. The molecule has 116 valence electrons. The average Bonchev–Trinajstić information content (AvgIpc) is 2.35. The second kappa shape index (κ2) is 19.0. The van der Waals surface area contributed by atoms with Crippen molar-refractivity contribution in [3.63, 3.8) is 0 Å². The summed E-state index contributed by atoms with van der Waals surface area (Å²) in [6.45, 7) is 2.02. The molecule has 1 amide bonds. The van der Waals surface area contributed by atoms with E-state index < -0.39 is 5.97 Å². The summed E-state index contributed by atoms with van der Waals surface area (Å²) in [4.78, 5) is 23.3. The zero-order valence-corrected chi connectivity index (χ0v) is 12.5. The van der Waals surface area contributed by atoms with Gasteiger partial charge in [0.2, 0.25) is 5.91 Å². The standard InChI is InChI=1S/C15H29NO3.2Na.2H/c1-3-4-5-6-7-8-9-10-11-12-14(17)16(2)13-15(18)19;;;;/h3-13H2,1-2H3,(H,18,19);;;;. The second-order valence-electron chi connectivity index (χ2n) is 5.22. The summed E-state index contributed by atoms with van der Waals surface area (Å²) >= 11 is 0. The first-order valence-corrected chi connectivity index (χ1v) is 7.53. The van der Waals surface area contributed by atoms with E-state index in [9.17, 15) is 9.59 Å². The molecule has 6 heteroatoms. The molecule has 0 aromatic carbocycles. The SMILES string of the molecule is CCCCCCCCCCCC(=O)N(C)CC(=O)O.[NaH].[NaH]. The Labute approximate surface area is 174 Å². The molecule has 0 aliphatic carbocycles. The summed E-state index contributed by atoms with van der Waals surface area (Å²) in [6, 6.07) is 0. The molecule has 21 heavy (non-hydrogen) atoms. The van der Waals surface area contributed by atoms with Crippen molar-refractivity contribution < 1.29 is 14.7 Å². The molecule has 0 radical (unpaired) electrons. The molecule has 0 saturated carbocycles. The molecule has 0 aromatic heterocycles. The number of aliphatic carboxylic acids is 1. The van der Waals surface area contributed by atoms with Gasteiger partial charge in [0.25, 0.3) is 0 Å². The van der Waals surface area contributed by atoms with E-state index in [-0.39, 0.29) is 71.6 Å². The first-order valence-electron chi connectivity index (χ1n) is 7.53. The Bertz CT molecular complexity index is 263. The van der Waals surface area contributed by atoms with Crippen LogP contribution in [0.15, 0.2) is 0 Å². The molecule has 0 fully saturated rings. The molecular weight excluding hydrogens is 288 g/mol. The monoisotopic (exact) mass is 319 g/mol. The fourth-order valence-corrected chi connectivity index (χ4v) is 2.07. The van der Waals surface area contributed by atoms with E-state index in [0.717, 1.165) is 12.8 Å². The van der Waals surface area contributed by atoms with Gasteiger partial charge in [-0.05, 0) is 6.42 Å². The van der Waals surface area contributed by atoms with Crippen LogP contribution in [0.2, 0.25) is 0 Å². The fourth-order valence-electron chi connectivity index (χ4n) is 2.07. The second-order valence-corrected chi connectivity index (χ2v) is 5.22. The van der Waals surface area contributed by atoms with Crippen molar-refractivity contribution in [2.75, 3.05) is 13.6 Å². The molecule has 0 rings (SSSR count). The van der Waals surface area contributed by atoms with Gasteiger partial charge >= 0.3 is 65.1 Å². The van der Waals surface area contributed by atoms with E-state index in [2.05, 4.69) is 6.92 Å². The predicted molar refractivity (Wildman–Crippen MR) is 91.4 cm³/mol. The Morgan fingerprint density at radius 1 is 0.857 bits per heavy atom. The van der Waals surface area contributed by atoms with E-state index in [1.165, 1.54) is 49.8 Å². The van der Waals surface area contributed by atoms with Crippen LogP contribution in [0.4, 0.5) is 0 Å². The van der Waals surface area contributed by atoms with Gasteiger partial charge < -0.3 is 10.0 Å². The number of unbranched alkanes of at least 4 members (excludes halogenated alkanes) is 8. The van der Waals surface area contributed by atoms with Crippen molar-refractivity contribution in [2.45, 2.75) is 71.1 Å². The third-order valence-electron chi connectivity index (χ3n) is 3.29. The average molecular weight is 319 g/mol. The van der Waals surface area contributed by atoms with Crippen LogP contribution in [-0.4, -0.2) is 94.6 Å². The summed E-state index contributed by atoms with van der Waals surface area (Å²) in [5.74, 6) is -1.02. The molecular formula is C15H31NNa2O3. The summed E-state index contributed by atoms with van der Waals surface area (Å²) in [5.41, 5.74) is 0. The van der Waals surface area contributed by atoms with Crippen LogP contribution in [0.3, 0.4) is 0 Å². The molecule has 0 atom stereocenters. The normalized spacial score (nSPS) is 9.43. The third-order valence-corrected chi connectivity index (χ3v) is 3.29. The number of rotatable bonds is 12. The van der Waals surface area contributed by atoms with Gasteiger partial charge in [0.05, 0.1) is 0 Å². The Morgan fingerprint density at radius 2 is 1.29 bits per heavy atom. The maximum atomic E-state index is 11.5. The van der Waals surface area contributed by atoms with Crippen LogP contribution in [0.25, 0.3) is 0 Å². The van der Waals surface area contributed by atoms with Gasteiger partial charge in [-0.2, -0.15) is 0 Å². The van der Waals surface area contributed by atoms with Gasteiger partial charge in [0.15, 0.2) is 0 Å². The van der Waals surface area contributed by atoms with Crippen molar-refractivity contribution in [3.05, 3.63) is 0 Å². The van der Waals surface area contributed by atoms with Crippen molar-refractivity contribution in [1.82, 2.24) is 4.90 Å². The number of hydrogen-bond acceptors (Lipinski definition) is 2. The van der Waals surface area contributed by atoms with E-state index in [1.807, 2.05) is 0 Å². The van der Waals surface area contributed by atoms with Crippen molar-refractivity contribution in [3.8, 4) is 0 Å². The van der Waals surface area contributed by atoms with Crippen LogP contribution >= 0.6 is 0 Å². The molecule has 0 bridgehead atoms. The number of hydrogen-bond donors (Lipinski definition) is 1. The number of carbonyl (C=O) groups excluding carboxylic acids is 1. The van der Waals surface area contributed by atoms with E-state index in [0.29, 0.717) is 6.42 Å². The van der Waals surface area contributed by atoms with E-state index in [4.69, 9.17) is 5.11 Å².